The molecule has 0 atom stereocenters. The van der Waals surface area contributed by atoms with E-state index in [9.17, 15) is 0 Å². The minimum absolute atomic E-state index is 0.440. The molecule has 268 valence electrons. The zero-order valence-electron chi connectivity index (χ0n) is 31.7. The number of aryl methyl sites for hydroxylation is 1. The Morgan fingerprint density at radius 1 is 0.316 bits per heavy atom. The van der Waals surface area contributed by atoms with Crippen LogP contribution in [0, 0.1) is 6.92 Å². The van der Waals surface area contributed by atoms with Gasteiger partial charge in [0, 0.05) is 17.1 Å². The van der Waals surface area contributed by atoms with E-state index in [4.69, 9.17) is 0 Å². The predicted octanol–water partition coefficient (Wildman–Crippen LogP) is 15.0. The first-order valence-electron chi connectivity index (χ1n) is 19.8. The van der Waals surface area contributed by atoms with Crippen molar-refractivity contribution in [2.24, 2.45) is 0 Å². The Morgan fingerprint density at radius 2 is 0.825 bits per heavy atom. The maximum Gasteiger partial charge on any atom is 0.0714 e. The van der Waals surface area contributed by atoms with Crippen molar-refractivity contribution >= 4 is 49.4 Å². The molecule has 10 aromatic carbocycles. The second-order valence-corrected chi connectivity index (χ2v) is 15.4. The van der Waals surface area contributed by atoms with E-state index in [1.165, 1.54) is 82.4 Å². The molecule has 1 aliphatic carbocycles. The molecule has 0 fully saturated rings. The first-order valence-corrected chi connectivity index (χ1v) is 19.8. The first kappa shape index (κ1) is 33.1. The average molecular weight is 726 g/mol. The Bertz CT molecular complexity index is 3050. The maximum atomic E-state index is 2.48. The number of rotatable bonds is 7. The Balaban J connectivity index is 1.05. The van der Waals surface area contributed by atoms with E-state index >= 15 is 0 Å². The zero-order valence-corrected chi connectivity index (χ0v) is 31.7. The van der Waals surface area contributed by atoms with E-state index in [0.29, 0.717) is 0 Å². The lowest BCUT2D eigenvalue weighted by Gasteiger charge is -2.34. The fourth-order valence-electron chi connectivity index (χ4n) is 9.45. The van der Waals surface area contributed by atoms with Gasteiger partial charge in [-0.2, -0.15) is 0 Å². The smallest absolute Gasteiger partial charge is 0.0714 e. The molecule has 0 N–H and O–H groups in total. The molecule has 0 radical (unpaired) electrons. The van der Waals surface area contributed by atoms with Gasteiger partial charge in [0.2, 0.25) is 0 Å². The average Bonchev–Trinajstić information content (AvgIpc) is 3.59. The van der Waals surface area contributed by atoms with Gasteiger partial charge >= 0.3 is 0 Å². The third-order valence-corrected chi connectivity index (χ3v) is 12.1. The quantitative estimate of drug-likeness (QED) is 0.148. The van der Waals surface area contributed by atoms with Crippen LogP contribution in [-0.2, 0) is 5.41 Å². The molecule has 0 saturated heterocycles. The van der Waals surface area contributed by atoms with Gasteiger partial charge in [0.25, 0.3) is 0 Å². The van der Waals surface area contributed by atoms with E-state index in [1.54, 1.807) is 0 Å². The van der Waals surface area contributed by atoms with Gasteiger partial charge < -0.3 is 4.90 Å². The summed E-state index contributed by atoms with van der Waals surface area (Å²) in [6.07, 6.45) is 0. The molecule has 0 heterocycles. The third-order valence-electron chi connectivity index (χ3n) is 12.1. The minimum atomic E-state index is -0.440. The summed E-state index contributed by atoms with van der Waals surface area (Å²) < 4.78 is 0. The van der Waals surface area contributed by atoms with Crippen LogP contribution in [0.5, 0.6) is 0 Å². The summed E-state index contributed by atoms with van der Waals surface area (Å²) >= 11 is 0. The normalized spacial score (nSPS) is 12.8. The van der Waals surface area contributed by atoms with Crippen molar-refractivity contribution in [3.05, 3.63) is 246 Å². The van der Waals surface area contributed by atoms with Gasteiger partial charge in [-0.05, 0) is 138 Å². The number of hydrogen-bond acceptors (Lipinski definition) is 1. The Labute approximate surface area is 333 Å². The van der Waals surface area contributed by atoms with E-state index < -0.39 is 5.41 Å². The summed E-state index contributed by atoms with van der Waals surface area (Å²) in [6, 6.07) is 80.7. The van der Waals surface area contributed by atoms with Gasteiger partial charge in [-0.1, -0.05) is 169 Å². The lowest BCUT2D eigenvalue weighted by atomic mass is 9.67. The summed E-state index contributed by atoms with van der Waals surface area (Å²) in [7, 11) is 0. The van der Waals surface area contributed by atoms with Gasteiger partial charge in [0.1, 0.15) is 0 Å². The summed E-state index contributed by atoms with van der Waals surface area (Å²) in [4.78, 5) is 2.36. The third kappa shape index (κ3) is 5.31. The maximum absolute atomic E-state index is 2.48. The fraction of sp³-hybridized carbons (Fsp3) is 0.0357. The number of hydrogen-bond donors (Lipinski definition) is 0. The molecular weight excluding hydrogens is 687 g/mol. The van der Waals surface area contributed by atoms with Gasteiger partial charge in [0.15, 0.2) is 0 Å². The summed E-state index contributed by atoms with van der Waals surface area (Å²) in [5.74, 6) is 0. The van der Waals surface area contributed by atoms with Crippen LogP contribution in [0.3, 0.4) is 0 Å². The number of fused-ring (bicyclic) bond motifs is 1. The second-order valence-electron chi connectivity index (χ2n) is 15.4. The molecule has 1 aliphatic rings. The highest BCUT2D eigenvalue weighted by Crippen LogP contribution is 2.56. The van der Waals surface area contributed by atoms with E-state index in [2.05, 4.69) is 230 Å². The summed E-state index contributed by atoms with van der Waals surface area (Å²) in [5.41, 5.74) is 14.3. The highest BCUT2D eigenvalue weighted by Gasteiger charge is 2.45. The number of anilines is 3. The molecule has 0 spiro atoms. The standard InChI is InChI=1S/C56H39N/c1-38-20-29-49(30-21-38)57(50-31-26-40(27-32-50)39-12-5-2-6-13-39)51-33-28-42-34-43(23-24-44(42)36-51)46-35-45-25-22-41-14-11-19-52-54(41)55(45)53(37-46)56(52,47-15-7-3-8-16-47)48-17-9-4-10-18-48/h2-37H,1H3. The Morgan fingerprint density at radius 3 is 1.53 bits per heavy atom. The number of benzene rings is 10. The molecule has 1 nitrogen and oxygen atoms in total. The van der Waals surface area contributed by atoms with Crippen molar-refractivity contribution in [1.82, 2.24) is 0 Å². The topological polar surface area (TPSA) is 3.24 Å². The van der Waals surface area contributed by atoms with Crippen LogP contribution in [0.2, 0.25) is 0 Å². The predicted molar refractivity (Wildman–Crippen MR) is 241 cm³/mol. The fourth-order valence-corrected chi connectivity index (χ4v) is 9.45. The first-order chi connectivity index (χ1) is 28.1. The molecule has 0 bridgehead atoms. The van der Waals surface area contributed by atoms with E-state index in [1.807, 2.05) is 0 Å². The van der Waals surface area contributed by atoms with Gasteiger partial charge in [-0.25, -0.2) is 0 Å². The number of nitrogens with zero attached hydrogens (tertiary/aromatic N) is 1. The molecule has 0 amide bonds. The molecule has 0 aliphatic heterocycles. The van der Waals surface area contributed by atoms with Crippen LogP contribution in [-0.4, -0.2) is 0 Å². The lowest BCUT2D eigenvalue weighted by Crippen LogP contribution is -2.28. The molecule has 10 aromatic rings. The lowest BCUT2D eigenvalue weighted by molar-refractivity contribution is 0.771. The Kier molecular flexibility index (Phi) is 7.69. The molecule has 57 heavy (non-hydrogen) atoms. The monoisotopic (exact) mass is 725 g/mol. The second kappa shape index (κ2) is 13.2. The molecule has 0 saturated carbocycles. The van der Waals surface area contributed by atoms with Crippen LogP contribution in [0.1, 0.15) is 27.8 Å². The zero-order chi connectivity index (χ0) is 37.9. The largest absolute Gasteiger partial charge is 0.310 e. The van der Waals surface area contributed by atoms with Crippen LogP contribution in [0.4, 0.5) is 17.1 Å². The van der Waals surface area contributed by atoms with Gasteiger partial charge in [-0.15, -0.1) is 0 Å². The highest BCUT2D eigenvalue weighted by molar-refractivity contribution is 6.17. The molecule has 0 aromatic heterocycles. The van der Waals surface area contributed by atoms with Crippen LogP contribution in [0.15, 0.2) is 218 Å². The van der Waals surface area contributed by atoms with Crippen molar-refractivity contribution in [3.63, 3.8) is 0 Å². The Hall–Kier alpha value is -7.22. The van der Waals surface area contributed by atoms with Crippen LogP contribution in [0.25, 0.3) is 54.6 Å². The van der Waals surface area contributed by atoms with Crippen LogP contribution < -0.4 is 4.90 Å². The molecule has 0 unspecified atom stereocenters. The summed E-state index contributed by atoms with van der Waals surface area (Å²) in [5, 5.41) is 7.71. The molecule has 11 rings (SSSR count). The minimum Gasteiger partial charge on any atom is -0.310 e. The van der Waals surface area contributed by atoms with Crippen molar-refractivity contribution < 1.29 is 0 Å². The van der Waals surface area contributed by atoms with Crippen molar-refractivity contribution in [3.8, 4) is 22.3 Å². The van der Waals surface area contributed by atoms with Gasteiger partial charge in [0.05, 0.1) is 5.41 Å². The molecular formula is C56H39N. The van der Waals surface area contributed by atoms with Crippen molar-refractivity contribution in [1.29, 1.82) is 0 Å². The molecule has 1 heteroatoms. The van der Waals surface area contributed by atoms with Crippen molar-refractivity contribution in [2.45, 2.75) is 12.3 Å². The van der Waals surface area contributed by atoms with E-state index in [0.717, 1.165) is 17.1 Å². The van der Waals surface area contributed by atoms with E-state index in [-0.39, 0.29) is 0 Å². The highest BCUT2D eigenvalue weighted by atomic mass is 15.1. The van der Waals surface area contributed by atoms with Crippen LogP contribution >= 0.6 is 0 Å². The van der Waals surface area contributed by atoms with Gasteiger partial charge in [-0.3, -0.25) is 0 Å². The SMILES string of the molecule is Cc1ccc(N(c2ccc(-c3ccccc3)cc2)c2ccc3cc(-c4cc5c6c(ccc7cccc(c76)C5(c5ccccc5)c5ccccc5)c4)ccc3c2)cc1. The van der Waals surface area contributed by atoms with Crippen molar-refractivity contribution in [2.75, 3.05) is 4.90 Å². The summed E-state index contributed by atoms with van der Waals surface area (Å²) in [6.45, 7) is 2.14.